The molecule has 1 aromatic carbocycles. The molecule has 1 fully saturated rings. The van der Waals surface area contributed by atoms with Crippen molar-refractivity contribution >= 4 is 15.9 Å². The van der Waals surface area contributed by atoms with Crippen molar-refractivity contribution in [1.82, 2.24) is 14.6 Å². The van der Waals surface area contributed by atoms with Gasteiger partial charge in [-0.25, -0.2) is 8.42 Å². The Bertz CT molecular complexity index is 916. The first-order chi connectivity index (χ1) is 12.9. The van der Waals surface area contributed by atoms with Crippen LogP contribution in [-0.2, 0) is 21.4 Å². The van der Waals surface area contributed by atoms with E-state index >= 15 is 0 Å². The topological polar surface area (TPSA) is 88.6 Å². The van der Waals surface area contributed by atoms with Crippen LogP contribution in [0.3, 0.4) is 0 Å². The molecule has 1 N–H and O–H groups in total. The van der Waals surface area contributed by atoms with Crippen molar-refractivity contribution in [1.29, 1.82) is 0 Å². The van der Waals surface area contributed by atoms with E-state index in [0.717, 1.165) is 5.56 Å². The molecule has 1 amide bonds. The second-order valence-electron chi connectivity index (χ2n) is 6.48. The van der Waals surface area contributed by atoms with Crippen LogP contribution >= 0.6 is 0 Å². The number of carbonyl (C=O) groups is 1. The molecule has 0 radical (unpaired) electrons. The largest absolute Gasteiger partial charge is 0.497 e. The average Bonchev–Trinajstić information content (AvgIpc) is 3.18. The second-order valence-corrected chi connectivity index (χ2v) is 8.34. The predicted octanol–water partition coefficient (Wildman–Crippen LogP) is 1.87. The van der Waals surface area contributed by atoms with Crippen molar-refractivity contribution in [2.24, 2.45) is 0 Å². The van der Waals surface area contributed by atoms with E-state index in [-0.39, 0.29) is 10.8 Å². The SMILES string of the molecule is COc1ccc(C)c(S(=O)(=O)N2CCC[C@@H]2C(=O)NCc2ccncc2)c1. The number of rotatable bonds is 6. The molecule has 1 aromatic heterocycles. The van der Waals surface area contributed by atoms with Crippen LogP contribution < -0.4 is 10.1 Å². The summed E-state index contributed by atoms with van der Waals surface area (Å²) in [5.74, 6) is 0.186. The lowest BCUT2D eigenvalue weighted by molar-refractivity contribution is -0.124. The lowest BCUT2D eigenvalue weighted by Gasteiger charge is -2.24. The first-order valence-corrected chi connectivity index (χ1v) is 10.2. The lowest BCUT2D eigenvalue weighted by Crippen LogP contribution is -2.45. The number of carbonyl (C=O) groups excluding carboxylic acids is 1. The summed E-state index contributed by atoms with van der Waals surface area (Å²) in [6.45, 7) is 2.40. The highest BCUT2D eigenvalue weighted by molar-refractivity contribution is 7.89. The van der Waals surface area contributed by atoms with E-state index in [2.05, 4.69) is 10.3 Å². The maximum Gasteiger partial charge on any atom is 0.244 e. The molecule has 0 aliphatic carbocycles. The minimum atomic E-state index is -3.80. The molecule has 1 saturated heterocycles. The zero-order chi connectivity index (χ0) is 19.4. The van der Waals surface area contributed by atoms with Crippen LogP contribution in [0.1, 0.15) is 24.0 Å². The molecule has 1 aliphatic rings. The predicted molar refractivity (Wildman–Crippen MR) is 101 cm³/mol. The summed E-state index contributed by atoms with van der Waals surface area (Å²) < 4.78 is 32.9. The van der Waals surface area contributed by atoms with E-state index in [1.807, 2.05) is 12.1 Å². The van der Waals surface area contributed by atoms with Gasteiger partial charge in [0.2, 0.25) is 15.9 Å². The Morgan fingerprint density at radius 1 is 1.30 bits per heavy atom. The van der Waals surface area contributed by atoms with Crippen LogP contribution in [0.15, 0.2) is 47.6 Å². The molecule has 0 unspecified atom stereocenters. The number of nitrogens with zero attached hydrogens (tertiary/aromatic N) is 2. The van der Waals surface area contributed by atoms with Gasteiger partial charge in [-0.15, -0.1) is 0 Å². The highest BCUT2D eigenvalue weighted by Crippen LogP contribution is 2.30. The van der Waals surface area contributed by atoms with Gasteiger partial charge in [0.1, 0.15) is 11.8 Å². The summed E-state index contributed by atoms with van der Waals surface area (Å²) in [5.41, 5.74) is 1.54. The van der Waals surface area contributed by atoms with Crippen molar-refractivity contribution in [3.63, 3.8) is 0 Å². The van der Waals surface area contributed by atoms with Crippen LogP contribution in [0.2, 0.25) is 0 Å². The first-order valence-electron chi connectivity index (χ1n) is 8.76. The van der Waals surface area contributed by atoms with E-state index in [4.69, 9.17) is 4.74 Å². The van der Waals surface area contributed by atoms with Crippen LogP contribution in [0.5, 0.6) is 5.75 Å². The third kappa shape index (κ3) is 4.12. The molecular formula is C19H23N3O4S. The zero-order valence-electron chi connectivity index (χ0n) is 15.4. The van der Waals surface area contributed by atoms with Gasteiger partial charge in [-0.3, -0.25) is 9.78 Å². The molecule has 1 aliphatic heterocycles. The molecule has 144 valence electrons. The van der Waals surface area contributed by atoms with Gasteiger partial charge in [0, 0.05) is 31.5 Å². The highest BCUT2D eigenvalue weighted by atomic mass is 32.2. The Hall–Kier alpha value is -2.45. The van der Waals surface area contributed by atoms with Crippen molar-refractivity contribution in [3.8, 4) is 5.75 Å². The summed E-state index contributed by atoms with van der Waals surface area (Å²) in [6, 6.07) is 7.85. The fourth-order valence-electron chi connectivity index (χ4n) is 3.21. The molecule has 3 rings (SSSR count). The summed E-state index contributed by atoms with van der Waals surface area (Å²) >= 11 is 0. The summed E-state index contributed by atoms with van der Waals surface area (Å²) in [6.07, 6.45) is 4.46. The van der Waals surface area contributed by atoms with Crippen molar-refractivity contribution in [2.75, 3.05) is 13.7 Å². The van der Waals surface area contributed by atoms with Gasteiger partial charge in [0.05, 0.1) is 12.0 Å². The van der Waals surface area contributed by atoms with Crippen LogP contribution in [0, 0.1) is 6.92 Å². The molecule has 1 atom stereocenters. The molecule has 0 saturated carbocycles. The van der Waals surface area contributed by atoms with E-state index in [1.165, 1.54) is 17.5 Å². The Morgan fingerprint density at radius 2 is 2.04 bits per heavy atom. The number of hydrogen-bond donors (Lipinski definition) is 1. The van der Waals surface area contributed by atoms with Crippen molar-refractivity contribution in [3.05, 3.63) is 53.9 Å². The first kappa shape index (κ1) is 19.3. The van der Waals surface area contributed by atoms with E-state index in [9.17, 15) is 13.2 Å². The minimum absolute atomic E-state index is 0.177. The van der Waals surface area contributed by atoms with Gasteiger partial charge >= 0.3 is 0 Å². The molecular weight excluding hydrogens is 366 g/mol. The van der Waals surface area contributed by atoms with Gasteiger partial charge < -0.3 is 10.1 Å². The summed E-state index contributed by atoms with van der Waals surface area (Å²) in [5, 5.41) is 2.83. The normalized spacial score (nSPS) is 17.6. The molecule has 8 heteroatoms. The molecule has 2 aromatic rings. The standard InChI is InChI=1S/C19H23N3O4S/c1-14-5-6-16(26-2)12-18(14)27(24,25)22-11-3-4-17(22)19(23)21-13-15-7-9-20-10-8-15/h5-10,12,17H,3-4,11,13H2,1-2H3,(H,21,23)/t17-/m1/s1. The zero-order valence-corrected chi connectivity index (χ0v) is 16.2. The quantitative estimate of drug-likeness (QED) is 0.815. The van der Waals surface area contributed by atoms with E-state index in [1.54, 1.807) is 31.5 Å². The third-order valence-electron chi connectivity index (χ3n) is 4.70. The number of methoxy groups -OCH3 is 1. The number of sulfonamides is 1. The monoisotopic (exact) mass is 389 g/mol. The number of hydrogen-bond acceptors (Lipinski definition) is 5. The summed E-state index contributed by atoms with van der Waals surface area (Å²) in [4.78, 5) is 16.8. The van der Waals surface area contributed by atoms with E-state index < -0.39 is 16.1 Å². The van der Waals surface area contributed by atoms with Crippen molar-refractivity contribution < 1.29 is 17.9 Å². The smallest absolute Gasteiger partial charge is 0.244 e. The number of nitrogens with one attached hydrogen (secondary N) is 1. The third-order valence-corrected chi connectivity index (χ3v) is 6.75. The second kappa shape index (κ2) is 8.06. The molecule has 0 spiro atoms. The van der Waals surface area contributed by atoms with Gasteiger partial charge in [0.15, 0.2) is 0 Å². The average molecular weight is 389 g/mol. The molecule has 2 heterocycles. The fraction of sp³-hybridized carbons (Fsp3) is 0.368. The Labute approximate surface area is 159 Å². The van der Waals surface area contributed by atoms with Crippen molar-refractivity contribution in [2.45, 2.75) is 37.2 Å². The molecule has 27 heavy (non-hydrogen) atoms. The van der Waals surface area contributed by atoms with Crippen LogP contribution in [0.25, 0.3) is 0 Å². The number of pyridine rings is 1. The van der Waals surface area contributed by atoms with Gasteiger partial charge in [-0.2, -0.15) is 4.31 Å². The van der Waals surface area contributed by atoms with Crippen LogP contribution in [-0.4, -0.2) is 43.3 Å². The minimum Gasteiger partial charge on any atom is -0.497 e. The Morgan fingerprint density at radius 3 is 2.74 bits per heavy atom. The highest BCUT2D eigenvalue weighted by Gasteiger charge is 2.40. The number of amides is 1. The van der Waals surface area contributed by atoms with Gasteiger partial charge in [-0.05, 0) is 49.1 Å². The molecule has 7 nitrogen and oxygen atoms in total. The number of benzene rings is 1. The maximum atomic E-state index is 13.2. The molecule has 0 bridgehead atoms. The fourth-order valence-corrected chi connectivity index (χ4v) is 5.11. The Balaban J connectivity index is 1.79. The number of ether oxygens (including phenoxy) is 1. The lowest BCUT2D eigenvalue weighted by atomic mass is 10.2. The van der Waals surface area contributed by atoms with Gasteiger partial charge in [-0.1, -0.05) is 6.07 Å². The van der Waals surface area contributed by atoms with Crippen LogP contribution in [0.4, 0.5) is 0 Å². The van der Waals surface area contributed by atoms with E-state index in [0.29, 0.717) is 37.2 Å². The summed E-state index contributed by atoms with van der Waals surface area (Å²) in [7, 11) is -2.30. The Kier molecular flexibility index (Phi) is 5.76. The maximum absolute atomic E-state index is 13.2. The van der Waals surface area contributed by atoms with Gasteiger partial charge in [0.25, 0.3) is 0 Å². The number of aromatic nitrogens is 1. The number of aryl methyl sites for hydroxylation is 1.